The topological polar surface area (TPSA) is 86.7 Å². The number of anilines is 1. The number of ether oxygens (including phenoxy) is 1. The summed E-state index contributed by atoms with van der Waals surface area (Å²) in [6.45, 7) is 4.88. The highest BCUT2D eigenvalue weighted by molar-refractivity contribution is 7.86. The van der Waals surface area contributed by atoms with E-state index < -0.39 is 39.2 Å². The van der Waals surface area contributed by atoms with Gasteiger partial charge in [0.05, 0.1) is 5.56 Å². The zero-order valence-electron chi connectivity index (χ0n) is 13.6. The average Bonchev–Trinajstić information content (AvgIpc) is 2.51. The summed E-state index contributed by atoms with van der Waals surface area (Å²) in [5.41, 5.74) is 0.0978. The van der Waals surface area contributed by atoms with Gasteiger partial charge in [-0.1, -0.05) is 0 Å². The summed E-state index contributed by atoms with van der Waals surface area (Å²) in [7, 11) is -6.72. The standard InChI is InChI=1S/C14H16F5NO5S/c1-3-20(4-2)10-7-5-9(6-8-10)11(21)25-12(13(15,16)17)14(18,19)26(22,23)24/h5-8,12H,3-4H2,1-2H3,(H,22,23,24)/p-1. The number of carbonyl (C=O) groups excluding carboxylic acids is 1. The lowest BCUT2D eigenvalue weighted by Crippen LogP contribution is -2.52. The second-order valence-corrected chi connectivity index (χ2v) is 6.51. The predicted octanol–water partition coefficient (Wildman–Crippen LogP) is 2.76. The third-order valence-corrected chi connectivity index (χ3v) is 4.27. The van der Waals surface area contributed by atoms with E-state index in [1.54, 1.807) is 0 Å². The van der Waals surface area contributed by atoms with Crippen molar-refractivity contribution in [3.8, 4) is 0 Å². The molecule has 0 aromatic heterocycles. The summed E-state index contributed by atoms with van der Waals surface area (Å²) in [4.78, 5) is 13.6. The maximum absolute atomic E-state index is 13.3. The molecule has 0 N–H and O–H groups in total. The van der Waals surface area contributed by atoms with E-state index in [-0.39, 0.29) is 0 Å². The van der Waals surface area contributed by atoms with Gasteiger partial charge in [-0.3, -0.25) is 0 Å². The first kappa shape index (κ1) is 22.1. The van der Waals surface area contributed by atoms with Gasteiger partial charge in [-0.05, 0) is 38.1 Å². The Labute approximate surface area is 146 Å². The normalized spacial score (nSPS) is 14.0. The van der Waals surface area contributed by atoms with Crippen LogP contribution < -0.4 is 4.90 Å². The van der Waals surface area contributed by atoms with Gasteiger partial charge in [0.1, 0.15) is 0 Å². The smallest absolute Gasteiger partial charge is 0.432 e. The average molecular weight is 404 g/mol. The Morgan fingerprint density at radius 2 is 1.58 bits per heavy atom. The van der Waals surface area contributed by atoms with Crippen molar-refractivity contribution in [1.29, 1.82) is 0 Å². The van der Waals surface area contributed by atoms with Crippen LogP contribution in [0.3, 0.4) is 0 Å². The number of esters is 1. The van der Waals surface area contributed by atoms with Gasteiger partial charge in [0.2, 0.25) is 0 Å². The molecule has 0 spiro atoms. The van der Waals surface area contributed by atoms with Crippen molar-refractivity contribution in [3.05, 3.63) is 29.8 Å². The number of nitrogens with zero attached hydrogens (tertiary/aromatic N) is 1. The van der Waals surface area contributed by atoms with Crippen LogP contribution in [0.15, 0.2) is 24.3 Å². The van der Waals surface area contributed by atoms with Gasteiger partial charge in [0, 0.05) is 18.8 Å². The maximum atomic E-state index is 13.3. The fraction of sp³-hybridized carbons (Fsp3) is 0.500. The van der Waals surface area contributed by atoms with E-state index in [0.717, 1.165) is 12.1 Å². The first-order valence-corrected chi connectivity index (χ1v) is 8.62. The molecule has 0 heterocycles. The molecule has 0 aliphatic rings. The van der Waals surface area contributed by atoms with Crippen LogP contribution in [0.2, 0.25) is 0 Å². The molecular formula is C14H15F5NO5S-. The first-order chi connectivity index (χ1) is 11.8. The summed E-state index contributed by atoms with van der Waals surface area (Å²) >= 11 is 0. The Morgan fingerprint density at radius 3 is 1.92 bits per heavy atom. The highest BCUT2D eigenvalue weighted by atomic mass is 32.2. The minimum Gasteiger partial charge on any atom is -0.743 e. The van der Waals surface area contributed by atoms with Gasteiger partial charge in [0.25, 0.3) is 6.10 Å². The van der Waals surface area contributed by atoms with E-state index >= 15 is 0 Å². The third-order valence-electron chi connectivity index (χ3n) is 3.39. The Morgan fingerprint density at radius 1 is 1.12 bits per heavy atom. The summed E-state index contributed by atoms with van der Waals surface area (Å²) in [5, 5.41) is -5.87. The van der Waals surface area contributed by atoms with Gasteiger partial charge in [-0.2, -0.15) is 22.0 Å². The summed E-state index contributed by atoms with van der Waals surface area (Å²) in [5.74, 6) is -1.85. The van der Waals surface area contributed by atoms with Crippen molar-refractivity contribution >= 4 is 21.8 Å². The summed E-state index contributed by atoms with van der Waals surface area (Å²) in [6, 6.07) is 4.78. The lowest BCUT2D eigenvalue weighted by Gasteiger charge is -2.29. The molecular weight excluding hydrogens is 389 g/mol. The Hall–Kier alpha value is -1.95. The molecule has 1 aromatic carbocycles. The molecule has 26 heavy (non-hydrogen) atoms. The van der Waals surface area contributed by atoms with Crippen LogP contribution in [0.4, 0.5) is 27.6 Å². The van der Waals surface area contributed by atoms with Crippen molar-refractivity contribution in [2.24, 2.45) is 0 Å². The molecule has 0 fully saturated rings. The van der Waals surface area contributed by atoms with Gasteiger partial charge in [0.15, 0.2) is 10.1 Å². The monoisotopic (exact) mass is 404 g/mol. The van der Waals surface area contributed by atoms with Crippen molar-refractivity contribution < 1.29 is 44.5 Å². The lowest BCUT2D eigenvalue weighted by molar-refractivity contribution is -0.248. The van der Waals surface area contributed by atoms with Crippen molar-refractivity contribution in [1.82, 2.24) is 0 Å². The van der Waals surface area contributed by atoms with Crippen molar-refractivity contribution in [3.63, 3.8) is 0 Å². The van der Waals surface area contributed by atoms with Gasteiger partial charge >= 0.3 is 17.4 Å². The minimum atomic E-state index is -6.72. The van der Waals surface area contributed by atoms with Crippen LogP contribution in [0.5, 0.6) is 0 Å². The van der Waals surface area contributed by atoms with E-state index in [9.17, 15) is 39.7 Å². The van der Waals surface area contributed by atoms with Crippen LogP contribution in [-0.4, -0.2) is 49.6 Å². The third kappa shape index (κ3) is 4.81. The van der Waals surface area contributed by atoms with Crippen LogP contribution in [0.25, 0.3) is 0 Å². The Bertz CT molecular complexity index is 729. The Kier molecular flexibility index (Phi) is 6.58. The second-order valence-electron chi connectivity index (χ2n) is 5.06. The number of hydrogen-bond donors (Lipinski definition) is 0. The van der Waals surface area contributed by atoms with E-state index in [0.29, 0.717) is 18.8 Å². The van der Waals surface area contributed by atoms with Gasteiger partial charge in [-0.25, -0.2) is 13.2 Å². The largest absolute Gasteiger partial charge is 0.743 e. The number of carbonyl (C=O) groups is 1. The SMILES string of the molecule is CCN(CC)c1ccc(C(=O)OC(C(F)(F)F)C(F)(F)S(=O)(=O)[O-])cc1. The molecule has 1 atom stereocenters. The van der Waals surface area contributed by atoms with Crippen LogP contribution in [0, 0.1) is 0 Å². The molecule has 0 radical (unpaired) electrons. The van der Waals surface area contributed by atoms with Crippen LogP contribution in [0.1, 0.15) is 24.2 Å². The zero-order valence-corrected chi connectivity index (χ0v) is 14.4. The summed E-state index contributed by atoms with van der Waals surface area (Å²) < 4.78 is 99.8. The number of halogens is 5. The number of benzene rings is 1. The molecule has 148 valence electrons. The molecule has 0 amide bonds. The highest BCUT2D eigenvalue weighted by Crippen LogP contribution is 2.38. The van der Waals surface area contributed by atoms with Gasteiger partial charge in [-0.15, -0.1) is 0 Å². The maximum Gasteiger partial charge on any atom is 0.432 e. The number of alkyl halides is 5. The minimum absolute atomic E-state index is 0.519. The molecule has 0 aliphatic heterocycles. The van der Waals surface area contributed by atoms with E-state index in [2.05, 4.69) is 4.74 Å². The molecule has 1 unspecified atom stereocenters. The molecule has 0 bridgehead atoms. The molecule has 12 heteroatoms. The molecule has 0 saturated carbocycles. The second kappa shape index (κ2) is 7.74. The predicted molar refractivity (Wildman–Crippen MR) is 79.9 cm³/mol. The highest BCUT2D eigenvalue weighted by Gasteiger charge is 2.63. The van der Waals surface area contributed by atoms with Gasteiger partial charge < -0.3 is 14.2 Å². The molecule has 1 aromatic rings. The van der Waals surface area contributed by atoms with Crippen molar-refractivity contribution in [2.45, 2.75) is 31.4 Å². The fourth-order valence-corrected chi connectivity index (χ4v) is 2.47. The van der Waals surface area contributed by atoms with E-state index in [4.69, 9.17) is 0 Å². The summed E-state index contributed by atoms with van der Waals surface area (Å²) in [6.07, 6.45) is -10.4. The fourth-order valence-electron chi connectivity index (χ4n) is 2.03. The zero-order chi connectivity index (χ0) is 20.3. The number of hydrogen-bond acceptors (Lipinski definition) is 6. The molecule has 0 saturated heterocycles. The lowest BCUT2D eigenvalue weighted by atomic mass is 10.2. The molecule has 0 aliphatic carbocycles. The Balaban J connectivity index is 3.12. The molecule has 6 nitrogen and oxygen atoms in total. The quantitative estimate of drug-likeness (QED) is 0.395. The van der Waals surface area contributed by atoms with Crippen molar-refractivity contribution in [2.75, 3.05) is 18.0 Å². The van der Waals surface area contributed by atoms with Crippen LogP contribution in [-0.2, 0) is 14.9 Å². The first-order valence-electron chi connectivity index (χ1n) is 7.21. The molecule has 1 rings (SSSR count). The number of rotatable bonds is 7. The van der Waals surface area contributed by atoms with Crippen LogP contribution >= 0.6 is 0 Å². The van der Waals surface area contributed by atoms with E-state index in [1.807, 2.05) is 18.7 Å². The van der Waals surface area contributed by atoms with E-state index in [1.165, 1.54) is 12.1 Å².